The van der Waals surface area contributed by atoms with Crippen LogP contribution in [0.15, 0.2) is 48.8 Å². The molecule has 230 valence electrons. The fraction of sp³-hybridized carbons (Fsp3) is 0.379. The van der Waals surface area contributed by atoms with E-state index in [1.807, 2.05) is 0 Å². The normalized spacial score (nSPS) is 22.8. The molecule has 14 heteroatoms. The van der Waals surface area contributed by atoms with Crippen LogP contribution in [0.25, 0.3) is 0 Å². The van der Waals surface area contributed by atoms with E-state index >= 15 is 4.39 Å². The van der Waals surface area contributed by atoms with Crippen LogP contribution in [0, 0.1) is 17.5 Å². The molecule has 3 unspecified atom stereocenters. The highest BCUT2D eigenvalue weighted by molar-refractivity contribution is 7.89. The summed E-state index contributed by atoms with van der Waals surface area (Å²) >= 11 is 11.7. The van der Waals surface area contributed by atoms with Crippen LogP contribution in [0.5, 0.6) is 0 Å². The molecule has 8 nitrogen and oxygen atoms in total. The number of anilines is 1. The Hall–Kier alpha value is -2.74. The number of carbonyl (C=O) groups is 1. The van der Waals surface area contributed by atoms with Crippen molar-refractivity contribution in [3.05, 3.63) is 93.0 Å². The van der Waals surface area contributed by atoms with Gasteiger partial charge in [-0.1, -0.05) is 35.3 Å². The summed E-state index contributed by atoms with van der Waals surface area (Å²) in [6.45, 7) is 0.794. The fourth-order valence-corrected chi connectivity index (χ4v) is 7.82. The minimum Gasteiger partial charge on any atom is -0.323 e. The van der Waals surface area contributed by atoms with Crippen molar-refractivity contribution in [2.24, 2.45) is 5.73 Å². The lowest BCUT2D eigenvalue weighted by atomic mass is 9.84. The third kappa shape index (κ3) is 7.00. The Morgan fingerprint density at radius 1 is 1.09 bits per heavy atom. The van der Waals surface area contributed by atoms with Gasteiger partial charge in [-0.05, 0) is 61.1 Å². The SMILES string of the molecule is NC(C(=O)Nc1cncc(F)c1CC[C@H]1CN[C@@H]2CCCS(=O)(=O)N1C2)C(c1ccc(Cl)cc1)c1cc(F)c(Cl)c(F)c1. The van der Waals surface area contributed by atoms with Gasteiger partial charge >= 0.3 is 0 Å². The van der Waals surface area contributed by atoms with E-state index in [4.69, 9.17) is 28.9 Å². The number of benzene rings is 2. The summed E-state index contributed by atoms with van der Waals surface area (Å²) in [7, 11) is -3.44. The summed E-state index contributed by atoms with van der Waals surface area (Å²) in [5.41, 5.74) is 7.12. The van der Waals surface area contributed by atoms with E-state index in [0.717, 1.165) is 24.8 Å². The fourth-order valence-electron chi connectivity index (χ4n) is 5.78. The molecule has 3 aromatic rings. The minimum absolute atomic E-state index is 0.0590. The van der Waals surface area contributed by atoms with E-state index in [1.165, 1.54) is 10.5 Å². The van der Waals surface area contributed by atoms with Crippen LogP contribution >= 0.6 is 23.2 Å². The zero-order valence-corrected chi connectivity index (χ0v) is 25.2. The number of amides is 1. The van der Waals surface area contributed by atoms with E-state index in [0.29, 0.717) is 36.5 Å². The van der Waals surface area contributed by atoms with Crippen LogP contribution in [0.4, 0.5) is 18.9 Å². The molecule has 0 saturated carbocycles. The molecular weight excluding hydrogens is 626 g/mol. The number of hydrogen-bond donors (Lipinski definition) is 3. The predicted molar refractivity (Wildman–Crippen MR) is 159 cm³/mol. The molecule has 2 saturated heterocycles. The molecule has 5 atom stereocenters. The van der Waals surface area contributed by atoms with E-state index in [2.05, 4.69) is 15.6 Å². The first-order chi connectivity index (χ1) is 20.4. The summed E-state index contributed by atoms with van der Waals surface area (Å²) in [4.78, 5) is 17.4. The van der Waals surface area contributed by atoms with Gasteiger partial charge in [0.15, 0.2) is 0 Å². The molecule has 4 N–H and O–H groups in total. The Kier molecular flexibility index (Phi) is 9.64. The highest BCUT2D eigenvalue weighted by Gasteiger charge is 2.38. The minimum atomic E-state index is -3.44. The molecule has 2 aliphatic rings. The zero-order chi connectivity index (χ0) is 30.9. The van der Waals surface area contributed by atoms with E-state index < -0.39 is 50.4 Å². The number of fused-ring (bicyclic) bond motifs is 2. The molecule has 2 aliphatic heterocycles. The first-order valence-corrected chi connectivity index (χ1v) is 16.1. The van der Waals surface area contributed by atoms with Gasteiger partial charge in [0.1, 0.15) is 22.5 Å². The van der Waals surface area contributed by atoms with Crippen LogP contribution in [0.3, 0.4) is 0 Å². The number of pyridine rings is 1. The summed E-state index contributed by atoms with van der Waals surface area (Å²) in [5.74, 6) is -4.44. The number of hydrogen-bond acceptors (Lipinski definition) is 6. The van der Waals surface area contributed by atoms with Gasteiger partial charge in [-0.15, -0.1) is 0 Å². The molecule has 1 amide bonds. The van der Waals surface area contributed by atoms with Crippen molar-refractivity contribution in [2.45, 2.75) is 49.7 Å². The second-order valence-corrected chi connectivity index (χ2v) is 13.7. The molecule has 2 bridgehead atoms. The van der Waals surface area contributed by atoms with Gasteiger partial charge < -0.3 is 16.4 Å². The molecule has 1 aromatic heterocycles. The molecule has 5 rings (SSSR count). The molecule has 0 spiro atoms. The van der Waals surface area contributed by atoms with Crippen LogP contribution in [0.1, 0.15) is 41.9 Å². The van der Waals surface area contributed by atoms with Crippen molar-refractivity contribution in [3.63, 3.8) is 0 Å². The maximum atomic E-state index is 15.1. The quantitative estimate of drug-likeness (QED) is 0.305. The van der Waals surface area contributed by atoms with Crippen molar-refractivity contribution in [3.8, 4) is 0 Å². The van der Waals surface area contributed by atoms with Gasteiger partial charge in [0.2, 0.25) is 15.9 Å². The third-order valence-corrected chi connectivity index (χ3v) is 10.6. The molecule has 3 heterocycles. The molecular formula is C29H30Cl2F3N5O3S. The Morgan fingerprint density at radius 3 is 2.49 bits per heavy atom. The number of aromatic nitrogens is 1. The number of nitrogens with zero attached hydrogens (tertiary/aromatic N) is 2. The van der Waals surface area contributed by atoms with Crippen molar-refractivity contribution in [1.29, 1.82) is 0 Å². The molecule has 43 heavy (non-hydrogen) atoms. The second-order valence-electron chi connectivity index (χ2n) is 10.8. The van der Waals surface area contributed by atoms with Crippen molar-refractivity contribution in [1.82, 2.24) is 14.6 Å². The number of sulfonamides is 1. The van der Waals surface area contributed by atoms with E-state index in [1.54, 1.807) is 24.3 Å². The maximum absolute atomic E-state index is 15.1. The lowest BCUT2D eigenvalue weighted by molar-refractivity contribution is -0.117. The topological polar surface area (TPSA) is 117 Å². The second kappa shape index (κ2) is 13.1. The Morgan fingerprint density at radius 2 is 1.79 bits per heavy atom. The average Bonchev–Trinajstić information content (AvgIpc) is 3.08. The van der Waals surface area contributed by atoms with Crippen molar-refractivity contribution in [2.75, 3.05) is 24.2 Å². The largest absolute Gasteiger partial charge is 0.323 e. The number of carbonyl (C=O) groups excluding carboxylic acids is 1. The van der Waals surface area contributed by atoms with Gasteiger partial charge in [0.25, 0.3) is 0 Å². The lowest BCUT2D eigenvalue weighted by Gasteiger charge is -2.37. The highest BCUT2D eigenvalue weighted by Crippen LogP contribution is 2.33. The highest BCUT2D eigenvalue weighted by atomic mass is 35.5. The summed E-state index contributed by atoms with van der Waals surface area (Å²) in [6, 6.07) is 6.59. The predicted octanol–water partition coefficient (Wildman–Crippen LogP) is 4.60. The van der Waals surface area contributed by atoms with Gasteiger partial charge in [0.05, 0.1) is 29.9 Å². The van der Waals surface area contributed by atoms with Gasteiger partial charge in [-0.3, -0.25) is 9.78 Å². The maximum Gasteiger partial charge on any atom is 0.242 e. The zero-order valence-electron chi connectivity index (χ0n) is 22.9. The molecule has 2 fully saturated rings. The Balaban J connectivity index is 1.39. The van der Waals surface area contributed by atoms with E-state index in [-0.39, 0.29) is 41.1 Å². The molecule has 0 radical (unpaired) electrons. The first-order valence-electron chi connectivity index (χ1n) is 13.8. The Labute approximate surface area is 257 Å². The number of halogens is 5. The molecule has 0 aliphatic carbocycles. The van der Waals surface area contributed by atoms with Gasteiger partial charge in [0, 0.05) is 41.7 Å². The molecule has 2 aromatic carbocycles. The summed E-state index contributed by atoms with van der Waals surface area (Å²) < 4.78 is 71.2. The van der Waals surface area contributed by atoms with Gasteiger partial charge in [-0.25, -0.2) is 21.6 Å². The number of nitrogens with one attached hydrogen (secondary N) is 2. The summed E-state index contributed by atoms with van der Waals surface area (Å²) in [6.07, 6.45) is 4.04. The number of piperazine rings is 1. The number of nitrogens with two attached hydrogens (primary N) is 1. The first kappa shape index (κ1) is 31.7. The van der Waals surface area contributed by atoms with Crippen LogP contribution < -0.4 is 16.4 Å². The smallest absolute Gasteiger partial charge is 0.242 e. The Bertz CT molecular complexity index is 1590. The van der Waals surface area contributed by atoms with Crippen LogP contribution in [-0.2, 0) is 21.2 Å². The number of rotatable bonds is 8. The van der Waals surface area contributed by atoms with Gasteiger partial charge in [-0.2, -0.15) is 4.31 Å². The van der Waals surface area contributed by atoms with Crippen LogP contribution in [0.2, 0.25) is 10.0 Å². The summed E-state index contributed by atoms with van der Waals surface area (Å²) in [5, 5.41) is 5.72. The van der Waals surface area contributed by atoms with E-state index in [9.17, 15) is 22.0 Å². The van der Waals surface area contributed by atoms with Crippen LogP contribution in [-0.4, -0.2) is 60.6 Å². The van der Waals surface area contributed by atoms with Crippen molar-refractivity contribution < 1.29 is 26.4 Å². The lowest BCUT2D eigenvalue weighted by Crippen LogP contribution is -2.57. The average molecular weight is 657 g/mol. The standard InChI is InChI=1S/C29H30Cl2F3N5O3S/c30-18-5-3-16(4-6-18)26(17-10-22(32)27(31)23(33)11-17)28(35)29(40)38-25-14-36-13-24(34)21(25)8-7-20-12-37-19-2-1-9-43(41,42)39(20)15-19/h3-6,10-11,13-14,19-20,26,28,37H,1-2,7-9,12,15,35H2,(H,38,40)/t19-,20+,26?,28?/m1/s1. The third-order valence-electron chi connectivity index (χ3n) is 8.01. The monoisotopic (exact) mass is 655 g/mol. The van der Waals surface area contributed by atoms with Crippen molar-refractivity contribution >= 4 is 44.8 Å².